The first-order valence-electron chi connectivity index (χ1n) is 11.2. The van der Waals surface area contributed by atoms with Crippen LogP contribution in [0.15, 0.2) is 104 Å². The molecule has 1 aliphatic carbocycles. The molecule has 170 valence electrons. The van der Waals surface area contributed by atoms with E-state index in [1.807, 2.05) is 91.0 Å². The van der Waals surface area contributed by atoms with Crippen molar-refractivity contribution in [2.45, 2.75) is 49.5 Å². The number of ether oxygens (including phenoxy) is 4. The Bertz CT molecular complexity index is 1060. The van der Waals surface area contributed by atoms with E-state index >= 15 is 0 Å². The van der Waals surface area contributed by atoms with Crippen molar-refractivity contribution in [3.63, 3.8) is 0 Å². The molecule has 0 amide bonds. The van der Waals surface area contributed by atoms with Crippen LogP contribution < -0.4 is 0 Å². The van der Waals surface area contributed by atoms with Crippen LogP contribution >= 0.6 is 0 Å². The molecule has 2 unspecified atom stereocenters. The van der Waals surface area contributed by atoms with E-state index in [1.165, 1.54) is 0 Å². The summed E-state index contributed by atoms with van der Waals surface area (Å²) in [5.74, 6) is 0. The molecule has 5 heteroatoms. The van der Waals surface area contributed by atoms with E-state index in [9.17, 15) is 5.11 Å². The van der Waals surface area contributed by atoms with Gasteiger partial charge >= 0.3 is 0 Å². The Kier molecular flexibility index (Phi) is 6.15. The molecule has 5 nitrogen and oxygen atoms in total. The first kappa shape index (κ1) is 22.0. The smallest absolute Gasteiger partial charge is 0.185 e. The third-order valence-electron chi connectivity index (χ3n) is 6.46. The molecule has 1 N–H and O–H groups in total. The molecule has 2 fully saturated rings. The topological polar surface area (TPSA) is 57.2 Å². The quantitative estimate of drug-likeness (QED) is 0.470. The molecule has 5 atom stereocenters. The van der Waals surface area contributed by atoms with Crippen LogP contribution in [0.3, 0.4) is 0 Å². The fourth-order valence-electron chi connectivity index (χ4n) is 4.76. The second-order valence-electron chi connectivity index (χ2n) is 8.47. The zero-order valence-corrected chi connectivity index (χ0v) is 18.4. The number of aliphatic hydroxyl groups is 1. The van der Waals surface area contributed by atoms with Crippen molar-refractivity contribution in [3.05, 3.63) is 120 Å². The molecule has 1 saturated heterocycles. The van der Waals surface area contributed by atoms with Gasteiger partial charge in [-0.05, 0) is 16.7 Å². The van der Waals surface area contributed by atoms with Gasteiger partial charge in [0, 0.05) is 0 Å². The fraction of sp³-hybridized carbons (Fsp3) is 0.286. The first-order valence-corrected chi connectivity index (χ1v) is 11.2. The Morgan fingerprint density at radius 2 is 1.24 bits per heavy atom. The molecule has 0 bridgehead atoms. The Morgan fingerprint density at radius 1 is 0.758 bits per heavy atom. The number of benzene rings is 3. The highest BCUT2D eigenvalue weighted by Crippen LogP contribution is 2.65. The van der Waals surface area contributed by atoms with Crippen LogP contribution in [-0.4, -0.2) is 34.8 Å². The van der Waals surface area contributed by atoms with Gasteiger partial charge in [-0.3, -0.25) is 0 Å². The van der Waals surface area contributed by atoms with Gasteiger partial charge in [0.25, 0.3) is 0 Å². The molecular weight excluding hydrogens is 416 g/mol. The van der Waals surface area contributed by atoms with Crippen LogP contribution in [0.25, 0.3) is 0 Å². The summed E-state index contributed by atoms with van der Waals surface area (Å²) in [5.41, 5.74) is 1.07. The summed E-state index contributed by atoms with van der Waals surface area (Å²) in [4.78, 5) is 0. The van der Waals surface area contributed by atoms with E-state index in [0.717, 1.165) is 16.7 Å². The minimum absolute atomic E-state index is 0.320. The molecular formula is C28H28O5. The first-order chi connectivity index (χ1) is 16.2. The van der Waals surface area contributed by atoms with Crippen molar-refractivity contribution in [1.82, 2.24) is 0 Å². The van der Waals surface area contributed by atoms with Gasteiger partial charge in [-0.1, -0.05) is 97.1 Å². The van der Waals surface area contributed by atoms with Gasteiger partial charge < -0.3 is 24.1 Å². The van der Waals surface area contributed by atoms with E-state index in [2.05, 4.69) is 6.58 Å². The molecule has 2 aliphatic rings. The maximum absolute atomic E-state index is 10.8. The minimum Gasteiger partial charge on any atom is -0.367 e. The van der Waals surface area contributed by atoms with Gasteiger partial charge in [0.1, 0.15) is 12.2 Å². The molecule has 1 heterocycles. The molecule has 0 spiro atoms. The van der Waals surface area contributed by atoms with Crippen LogP contribution in [0.2, 0.25) is 0 Å². The fourth-order valence-corrected chi connectivity index (χ4v) is 4.76. The Morgan fingerprint density at radius 3 is 1.76 bits per heavy atom. The zero-order chi connectivity index (χ0) is 22.7. The number of hydrogen-bond donors (Lipinski definition) is 1. The summed E-state index contributed by atoms with van der Waals surface area (Å²) in [7, 11) is 0. The highest BCUT2D eigenvalue weighted by atomic mass is 16.7. The second kappa shape index (κ2) is 9.21. The van der Waals surface area contributed by atoms with Crippen LogP contribution in [-0.2, 0) is 38.8 Å². The Hall–Kier alpha value is -2.80. The molecule has 1 aliphatic heterocycles. The van der Waals surface area contributed by atoms with Crippen LogP contribution in [0.4, 0.5) is 0 Å². The predicted molar refractivity (Wildman–Crippen MR) is 124 cm³/mol. The normalized spacial score (nSPS) is 30.0. The summed E-state index contributed by atoms with van der Waals surface area (Å²) in [6.45, 7) is 5.04. The predicted octanol–water partition coefficient (Wildman–Crippen LogP) is 4.40. The zero-order valence-electron chi connectivity index (χ0n) is 18.4. The van der Waals surface area contributed by atoms with Crippen LogP contribution in [0, 0.1) is 0 Å². The maximum Gasteiger partial charge on any atom is 0.185 e. The van der Waals surface area contributed by atoms with Crippen molar-refractivity contribution >= 4 is 0 Å². The van der Waals surface area contributed by atoms with Crippen LogP contribution in [0.5, 0.6) is 0 Å². The van der Waals surface area contributed by atoms with Crippen molar-refractivity contribution < 1.29 is 24.1 Å². The lowest BCUT2D eigenvalue weighted by Crippen LogP contribution is -2.43. The number of rotatable bonds is 10. The van der Waals surface area contributed by atoms with Gasteiger partial charge in [0.15, 0.2) is 17.5 Å². The lowest BCUT2D eigenvalue weighted by atomic mass is 10.1. The summed E-state index contributed by atoms with van der Waals surface area (Å²) >= 11 is 0. The van der Waals surface area contributed by atoms with Crippen molar-refractivity contribution in [2.75, 3.05) is 0 Å². The molecule has 3 aromatic carbocycles. The van der Waals surface area contributed by atoms with Crippen molar-refractivity contribution in [2.24, 2.45) is 0 Å². The van der Waals surface area contributed by atoms with E-state index in [-0.39, 0.29) is 0 Å². The van der Waals surface area contributed by atoms with Gasteiger partial charge in [-0.15, -0.1) is 6.58 Å². The lowest BCUT2D eigenvalue weighted by molar-refractivity contribution is -0.203. The molecule has 0 radical (unpaired) electrons. The Labute approximate surface area is 194 Å². The SMILES string of the molecule is C=C[C@]12OC(O)[C@H](OCc3ccccc3)[C@@]1(OCc1ccccc1)C2OCc1ccccc1. The summed E-state index contributed by atoms with van der Waals surface area (Å²) in [6, 6.07) is 29.7. The van der Waals surface area contributed by atoms with Gasteiger partial charge in [0.05, 0.1) is 19.8 Å². The van der Waals surface area contributed by atoms with Gasteiger partial charge in [-0.25, -0.2) is 0 Å². The average molecular weight is 445 g/mol. The highest BCUT2D eigenvalue weighted by Gasteiger charge is 2.89. The monoisotopic (exact) mass is 444 g/mol. The summed E-state index contributed by atoms with van der Waals surface area (Å²) in [6.07, 6.45) is -0.669. The molecule has 5 rings (SSSR count). The molecule has 33 heavy (non-hydrogen) atoms. The average Bonchev–Trinajstić information content (AvgIpc) is 3.32. The van der Waals surface area contributed by atoms with E-state index in [0.29, 0.717) is 19.8 Å². The second-order valence-corrected chi connectivity index (χ2v) is 8.47. The van der Waals surface area contributed by atoms with E-state index < -0.39 is 29.7 Å². The number of aliphatic hydroxyl groups excluding tert-OH is 1. The van der Waals surface area contributed by atoms with Crippen molar-refractivity contribution in [3.8, 4) is 0 Å². The van der Waals surface area contributed by atoms with E-state index in [1.54, 1.807) is 6.08 Å². The molecule has 1 saturated carbocycles. The summed E-state index contributed by atoms with van der Waals surface area (Å²) < 4.78 is 25.1. The standard InChI is InChI=1S/C28H28O5/c1-2-27-26(31-19-22-14-8-4-9-15-22)28(27,32-20-23-16-10-5-11-17-23)24(25(29)33-27)30-18-21-12-6-3-7-13-21/h2-17,24-26,29H,1,18-20H2/t24-,25?,26?,27+,28+/m0/s1. The molecule has 3 aromatic rings. The lowest BCUT2D eigenvalue weighted by Gasteiger charge is -2.27. The molecule has 0 aromatic heterocycles. The van der Waals surface area contributed by atoms with E-state index in [4.69, 9.17) is 18.9 Å². The van der Waals surface area contributed by atoms with Crippen LogP contribution in [0.1, 0.15) is 16.7 Å². The largest absolute Gasteiger partial charge is 0.367 e. The highest BCUT2D eigenvalue weighted by molar-refractivity contribution is 5.43. The van der Waals surface area contributed by atoms with Crippen molar-refractivity contribution in [1.29, 1.82) is 0 Å². The number of fused-ring (bicyclic) bond motifs is 1. The third-order valence-corrected chi connectivity index (χ3v) is 6.46. The van der Waals surface area contributed by atoms with Gasteiger partial charge in [-0.2, -0.15) is 0 Å². The Balaban J connectivity index is 1.40. The van der Waals surface area contributed by atoms with Gasteiger partial charge in [0.2, 0.25) is 0 Å². The minimum atomic E-state index is -1.15. The number of hydrogen-bond acceptors (Lipinski definition) is 5. The third kappa shape index (κ3) is 3.92. The summed E-state index contributed by atoms with van der Waals surface area (Å²) in [5, 5.41) is 10.8. The maximum atomic E-state index is 10.8.